The zero-order valence-electron chi connectivity index (χ0n) is 16.6. The van der Waals surface area contributed by atoms with Gasteiger partial charge in [0.15, 0.2) is 0 Å². The molecule has 0 aromatic heterocycles. The van der Waals surface area contributed by atoms with Crippen LogP contribution in [0.4, 0.5) is 0 Å². The van der Waals surface area contributed by atoms with Gasteiger partial charge in [0.05, 0.1) is 11.9 Å². The average molecular weight is 445 g/mol. The first-order valence-electron chi connectivity index (χ1n) is 9.63. The van der Waals surface area contributed by atoms with E-state index in [0.717, 1.165) is 15.9 Å². The van der Waals surface area contributed by atoms with Crippen LogP contribution in [0.3, 0.4) is 0 Å². The van der Waals surface area contributed by atoms with Gasteiger partial charge in [-0.25, -0.2) is 0 Å². The molecule has 0 spiro atoms. The first kappa shape index (κ1) is 20.9. The van der Waals surface area contributed by atoms with Crippen LogP contribution in [0.1, 0.15) is 0 Å². The predicted octanol–water partition coefficient (Wildman–Crippen LogP) is 4.92. The number of rotatable bonds is 6. The molecule has 4 aromatic carbocycles. The fraction of sp³-hybridized carbons (Fsp3) is 0. The Kier molecular flexibility index (Phi) is 6.21. The second-order valence-corrected chi connectivity index (χ2v) is 11.3. The van der Waals surface area contributed by atoms with Gasteiger partial charge in [-0.3, -0.25) is 0 Å². The van der Waals surface area contributed by atoms with E-state index in [1.165, 1.54) is 12.1 Å². The Labute approximate surface area is 182 Å². The van der Waals surface area contributed by atoms with Crippen molar-refractivity contribution in [1.82, 2.24) is 0 Å². The molecule has 0 saturated heterocycles. The molecule has 5 nitrogen and oxygen atoms in total. The van der Waals surface area contributed by atoms with Gasteiger partial charge >= 0.3 is 10.0 Å². The summed E-state index contributed by atoms with van der Waals surface area (Å²) in [6.45, 7) is 0. The summed E-state index contributed by atoms with van der Waals surface area (Å²) < 4.78 is 28.9. The lowest BCUT2D eigenvalue weighted by Gasteiger charge is -2.24. The zero-order valence-corrected chi connectivity index (χ0v) is 18.3. The van der Waals surface area contributed by atoms with Crippen LogP contribution in [-0.2, 0) is 10.0 Å². The van der Waals surface area contributed by atoms with E-state index in [0.29, 0.717) is 0 Å². The van der Waals surface area contributed by atoms with Crippen molar-refractivity contribution in [2.45, 2.75) is 4.90 Å². The van der Waals surface area contributed by atoms with Gasteiger partial charge in [-0.15, -0.1) is 4.85 Å². The molecule has 0 fully saturated rings. The third-order valence-corrected chi connectivity index (χ3v) is 9.39. The van der Waals surface area contributed by atoms with Gasteiger partial charge in [0, 0.05) is 15.9 Å². The third-order valence-electron chi connectivity index (χ3n) is 4.75. The molecule has 0 amide bonds. The van der Waals surface area contributed by atoms with E-state index in [2.05, 4.69) is 14.6 Å². The van der Waals surface area contributed by atoms with Crippen LogP contribution in [0, 0.1) is 0 Å². The standard InChI is InChI=1S/C24H20N3O2PS/c28-31(29,24-19-11-4-12-20-24)27-25-26-30(21-13-5-1-6-14-21,22-15-7-2-8-16-22)23-17-9-3-10-18-23/h1-20H/b27-25+. The van der Waals surface area contributed by atoms with Crippen LogP contribution in [-0.4, -0.2) is 8.42 Å². The third kappa shape index (κ3) is 4.41. The van der Waals surface area contributed by atoms with Crippen LogP contribution >= 0.6 is 7.05 Å². The summed E-state index contributed by atoms with van der Waals surface area (Å²) >= 11 is 0. The molecule has 0 N–H and O–H groups in total. The number of nitrogens with zero attached hydrogens (tertiary/aromatic N) is 3. The van der Waals surface area contributed by atoms with Gasteiger partial charge in [-0.2, -0.15) is 8.42 Å². The van der Waals surface area contributed by atoms with Crippen LogP contribution in [0.15, 0.2) is 141 Å². The highest BCUT2D eigenvalue weighted by Crippen LogP contribution is 2.46. The van der Waals surface area contributed by atoms with E-state index in [1.54, 1.807) is 18.2 Å². The van der Waals surface area contributed by atoms with E-state index in [4.69, 9.17) is 0 Å². The summed E-state index contributed by atoms with van der Waals surface area (Å²) in [5.41, 5.74) is 0. The SMILES string of the molecule is O=S(=O)(/N=N/N=P(c1ccccc1)(c1ccccc1)c1ccccc1)c1ccccc1. The fourth-order valence-electron chi connectivity index (χ4n) is 3.30. The minimum Gasteiger partial charge on any atom is -0.198 e. The lowest BCUT2D eigenvalue weighted by atomic mass is 10.4. The largest absolute Gasteiger partial charge is 0.301 e. The van der Waals surface area contributed by atoms with Crippen molar-refractivity contribution in [2.24, 2.45) is 14.6 Å². The quantitative estimate of drug-likeness (QED) is 0.240. The van der Waals surface area contributed by atoms with Gasteiger partial charge < -0.3 is 0 Å². The molecule has 0 aliphatic carbocycles. The molecule has 7 heteroatoms. The summed E-state index contributed by atoms with van der Waals surface area (Å²) in [4.78, 5) is 4.75. The number of benzene rings is 4. The topological polar surface area (TPSA) is 71.2 Å². The van der Waals surface area contributed by atoms with Crippen LogP contribution in [0.5, 0.6) is 0 Å². The maximum Gasteiger partial charge on any atom is 0.301 e. The lowest BCUT2D eigenvalue weighted by Crippen LogP contribution is -2.25. The summed E-state index contributed by atoms with van der Waals surface area (Å²) in [7, 11) is -6.58. The first-order chi connectivity index (χ1) is 15.1. The highest BCUT2D eigenvalue weighted by Gasteiger charge is 2.27. The highest BCUT2D eigenvalue weighted by atomic mass is 32.2. The molecule has 0 unspecified atom stereocenters. The minimum absolute atomic E-state index is 0.0806. The van der Waals surface area contributed by atoms with E-state index in [-0.39, 0.29) is 4.90 Å². The van der Waals surface area contributed by atoms with Gasteiger partial charge in [0.2, 0.25) is 0 Å². The Hall–Kier alpha value is -3.34. The fourth-order valence-corrected chi connectivity index (χ4v) is 7.25. The van der Waals surface area contributed by atoms with E-state index in [9.17, 15) is 8.42 Å². The molecule has 0 bridgehead atoms. The minimum atomic E-state index is -3.95. The smallest absolute Gasteiger partial charge is 0.198 e. The van der Waals surface area contributed by atoms with Gasteiger partial charge in [0.25, 0.3) is 0 Å². The molecule has 0 aliphatic heterocycles. The molecule has 4 rings (SSSR count). The van der Waals surface area contributed by atoms with Crippen molar-refractivity contribution >= 4 is 33.0 Å². The second kappa shape index (κ2) is 9.21. The lowest BCUT2D eigenvalue weighted by molar-refractivity contribution is 0.595. The molecule has 0 heterocycles. The molecular weight excluding hydrogens is 425 g/mol. The Morgan fingerprint density at radius 3 is 1.26 bits per heavy atom. The van der Waals surface area contributed by atoms with Crippen molar-refractivity contribution in [2.75, 3.05) is 0 Å². The van der Waals surface area contributed by atoms with Crippen molar-refractivity contribution in [1.29, 1.82) is 0 Å². The Morgan fingerprint density at radius 2 is 0.871 bits per heavy atom. The number of sulfonamides is 1. The zero-order chi connectivity index (χ0) is 21.6. The maximum absolute atomic E-state index is 12.6. The van der Waals surface area contributed by atoms with Crippen molar-refractivity contribution < 1.29 is 8.42 Å². The Bertz CT molecular complexity index is 1220. The Balaban J connectivity index is 1.97. The van der Waals surface area contributed by atoms with E-state index >= 15 is 0 Å². The number of hydrogen-bond donors (Lipinski definition) is 0. The maximum atomic E-state index is 12.6. The summed E-state index contributed by atoms with van der Waals surface area (Å²) in [6, 6.07) is 37.5. The van der Waals surface area contributed by atoms with Gasteiger partial charge in [-0.05, 0) is 21.9 Å². The van der Waals surface area contributed by atoms with Crippen molar-refractivity contribution in [3.63, 3.8) is 0 Å². The summed E-state index contributed by atoms with van der Waals surface area (Å²) in [5, 5.41) is 6.82. The molecule has 0 radical (unpaired) electrons. The van der Waals surface area contributed by atoms with Crippen molar-refractivity contribution in [3.8, 4) is 0 Å². The normalized spacial score (nSPS) is 12.0. The molecule has 0 aliphatic rings. The summed E-state index contributed by atoms with van der Waals surface area (Å²) in [5.74, 6) is 0. The van der Waals surface area contributed by atoms with Crippen LogP contribution in [0.2, 0.25) is 0 Å². The van der Waals surface area contributed by atoms with Gasteiger partial charge in [0.1, 0.15) is 0 Å². The van der Waals surface area contributed by atoms with E-state index < -0.39 is 17.1 Å². The second-order valence-electron chi connectivity index (χ2n) is 6.69. The van der Waals surface area contributed by atoms with Gasteiger partial charge in [-0.1, -0.05) is 109 Å². The first-order valence-corrected chi connectivity index (χ1v) is 12.8. The van der Waals surface area contributed by atoms with Crippen LogP contribution in [0.25, 0.3) is 0 Å². The highest BCUT2D eigenvalue weighted by molar-refractivity contribution is 7.90. The molecule has 154 valence electrons. The predicted molar refractivity (Wildman–Crippen MR) is 126 cm³/mol. The molecule has 4 aromatic rings. The van der Waals surface area contributed by atoms with E-state index in [1.807, 2.05) is 91.0 Å². The molecule has 0 atom stereocenters. The molecule has 31 heavy (non-hydrogen) atoms. The number of hydrogen-bond acceptors (Lipinski definition) is 2. The monoisotopic (exact) mass is 445 g/mol. The molecule has 0 saturated carbocycles. The van der Waals surface area contributed by atoms with Crippen molar-refractivity contribution in [3.05, 3.63) is 121 Å². The van der Waals surface area contributed by atoms with Crippen LogP contribution < -0.4 is 15.9 Å². The Morgan fingerprint density at radius 1 is 0.516 bits per heavy atom. The average Bonchev–Trinajstić information content (AvgIpc) is 2.84. The summed E-state index contributed by atoms with van der Waals surface area (Å²) in [6.07, 6.45) is 0. The molecular formula is C24H20N3O2PS.